The van der Waals surface area contributed by atoms with E-state index >= 15 is 0 Å². The molecule has 0 fully saturated rings. The van der Waals surface area contributed by atoms with E-state index in [0.29, 0.717) is 5.75 Å². The maximum absolute atomic E-state index is 12.0. The second-order valence-corrected chi connectivity index (χ2v) is 5.55. The van der Waals surface area contributed by atoms with Crippen LogP contribution < -0.4 is 5.32 Å². The summed E-state index contributed by atoms with van der Waals surface area (Å²) in [7, 11) is 0. The van der Waals surface area contributed by atoms with Crippen molar-refractivity contribution in [1.29, 1.82) is 0 Å². The summed E-state index contributed by atoms with van der Waals surface area (Å²) < 4.78 is 5.04. The average molecular weight is 290 g/mol. The summed E-state index contributed by atoms with van der Waals surface area (Å²) in [5.74, 6) is -0.492. The zero-order chi connectivity index (χ0) is 15.2. The molecular weight excluding hydrogens is 268 g/mol. The lowest BCUT2D eigenvalue weighted by Gasteiger charge is -2.24. The topological polar surface area (TPSA) is 75.7 Å². The zero-order valence-corrected chi connectivity index (χ0v) is 12.9. The number of amides is 3. The Morgan fingerprint density at radius 1 is 1.32 bits per heavy atom. The molecule has 0 unspecified atom stereocenters. The SMILES string of the molecule is CC(=O)N(CCS)C(=O)[C@H](C)NC(=O)OC(C)(C)C. The van der Waals surface area contributed by atoms with Gasteiger partial charge in [0, 0.05) is 19.2 Å². The van der Waals surface area contributed by atoms with Gasteiger partial charge in [-0.05, 0) is 27.7 Å². The van der Waals surface area contributed by atoms with Crippen LogP contribution in [0.15, 0.2) is 0 Å². The fourth-order valence-electron chi connectivity index (χ4n) is 1.30. The smallest absolute Gasteiger partial charge is 0.408 e. The molecule has 0 aliphatic carbocycles. The highest BCUT2D eigenvalue weighted by atomic mass is 32.1. The maximum Gasteiger partial charge on any atom is 0.408 e. The van der Waals surface area contributed by atoms with Crippen molar-refractivity contribution < 1.29 is 19.1 Å². The molecule has 0 aromatic rings. The lowest BCUT2D eigenvalue weighted by atomic mass is 10.2. The second-order valence-electron chi connectivity index (χ2n) is 5.10. The van der Waals surface area contributed by atoms with Gasteiger partial charge in [0.15, 0.2) is 0 Å². The molecule has 0 saturated heterocycles. The minimum absolute atomic E-state index is 0.206. The number of carbonyl (C=O) groups excluding carboxylic acids is 3. The fraction of sp³-hybridized carbons (Fsp3) is 0.750. The molecule has 0 saturated carbocycles. The minimum atomic E-state index is -0.835. The molecule has 0 aromatic carbocycles. The van der Waals surface area contributed by atoms with Crippen LogP contribution >= 0.6 is 12.6 Å². The Kier molecular flexibility index (Phi) is 6.89. The molecule has 6 nitrogen and oxygen atoms in total. The summed E-state index contributed by atoms with van der Waals surface area (Å²) >= 11 is 3.99. The molecule has 1 atom stereocenters. The number of alkyl carbamates (subject to hydrolysis) is 1. The third-order valence-corrected chi connectivity index (χ3v) is 2.27. The first kappa shape index (κ1) is 17.8. The Hall–Kier alpha value is -1.24. The molecule has 3 amide bonds. The van der Waals surface area contributed by atoms with Gasteiger partial charge in [0.05, 0.1) is 0 Å². The summed E-state index contributed by atoms with van der Waals surface area (Å²) in [6, 6.07) is -0.835. The number of hydrogen-bond donors (Lipinski definition) is 2. The largest absolute Gasteiger partial charge is 0.444 e. The molecule has 0 aliphatic heterocycles. The third kappa shape index (κ3) is 7.05. The summed E-state index contributed by atoms with van der Waals surface area (Å²) in [5, 5.41) is 2.40. The van der Waals surface area contributed by atoms with Crippen molar-refractivity contribution in [3.63, 3.8) is 0 Å². The van der Waals surface area contributed by atoms with Crippen molar-refractivity contribution in [1.82, 2.24) is 10.2 Å². The molecule has 1 N–H and O–H groups in total. The normalized spacial score (nSPS) is 12.5. The van der Waals surface area contributed by atoms with Crippen molar-refractivity contribution in [2.24, 2.45) is 0 Å². The number of carbonyl (C=O) groups is 3. The first-order valence-electron chi connectivity index (χ1n) is 6.00. The van der Waals surface area contributed by atoms with Gasteiger partial charge >= 0.3 is 6.09 Å². The van der Waals surface area contributed by atoms with E-state index in [1.807, 2.05) is 0 Å². The molecule has 0 bridgehead atoms. The van der Waals surface area contributed by atoms with Gasteiger partial charge in [0.25, 0.3) is 5.91 Å². The Morgan fingerprint density at radius 2 is 1.84 bits per heavy atom. The highest BCUT2D eigenvalue weighted by molar-refractivity contribution is 7.80. The number of ether oxygens (including phenoxy) is 1. The number of nitrogens with one attached hydrogen (secondary N) is 1. The molecule has 0 radical (unpaired) electrons. The van der Waals surface area contributed by atoms with Gasteiger partial charge in [-0.25, -0.2) is 4.79 Å². The lowest BCUT2D eigenvalue weighted by molar-refractivity contribution is -0.144. The second kappa shape index (κ2) is 7.37. The molecule has 0 aliphatic rings. The predicted molar refractivity (Wildman–Crippen MR) is 75.1 cm³/mol. The molecule has 7 heteroatoms. The van der Waals surface area contributed by atoms with Crippen LogP contribution in [0.1, 0.15) is 34.6 Å². The molecule has 19 heavy (non-hydrogen) atoms. The first-order valence-corrected chi connectivity index (χ1v) is 6.64. The van der Waals surface area contributed by atoms with Gasteiger partial charge in [-0.15, -0.1) is 0 Å². The van der Waals surface area contributed by atoms with E-state index in [9.17, 15) is 14.4 Å². The quantitative estimate of drug-likeness (QED) is 0.763. The lowest BCUT2D eigenvalue weighted by Crippen LogP contribution is -2.50. The van der Waals surface area contributed by atoms with Gasteiger partial charge in [-0.3, -0.25) is 14.5 Å². The number of thiol groups is 1. The molecule has 0 heterocycles. The number of nitrogens with zero attached hydrogens (tertiary/aromatic N) is 1. The van der Waals surface area contributed by atoms with Crippen LogP contribution in [0.25, 0.3) is 0 Å². The summed E-state index contributed by atoms with van der Waals surface area (Å²) in [5.41, 5.74) is -0.641. The van der Waals surface area contributed by atoms with E-state index in [-0.39, 0.29) is 12.5 Å². The van der Waals surface area contributed by atoms with Gasteiger partial charge < -0.3 is 10.1 Å². The van der Waals surface area contributed by atoms with E-state index in [2.05, 4.69) is 17.9 Å². The number of imide groups is 1. The Labute approximate surface area is 119 Å². The summed E-state index contributed by atoms with van der Waals surface area (Å²) in [4.78, 5) is 35.9. The van der Waals surface area contributed by atoms with Crippen molar-refractivity contribution in [3.8, 4) is 0 Å². The Bertz CT molecular complexity index is 352. The van der Waals surface area contributed by atoms with Crippen LogP contribution in [0.5, 0.6) is 0 Å². The van der Waals surface area contributed by atoms with Crippen LogP contribution in [-0.2, 0) is 14.3 Å². The fourth-order valence-corrected chi connectivity index (χ4v) is 1.50. The van der Waals surface area contributed by atoms with E-state index in [0.717, 1.165) is 4.90 Å². The minimum Gasteiger partial charge on any atom is -0.444 e. The van der Waals surface area contributed by atoms with Crippen LogP contribution in [0.2, 0.25) is 0 Å². The van der Waals surface area contributed by atoms with E-state index < -0.39 is 23.6 Å². The van der Waals surface area contributed by atoms with Crippen molar-refractivity contribution >= 4 is 30.5 Å². The standard InChI is InChI=1S/C12H22N2O4S/c1-8(13-11(17)18-12(3,4)5)10(16)14(6-7-19)9(2)15/h8,19H,6-7H2,1-5H3,(H,13,17)/t8-/m0/s1. The van der Waals surface area contributed by atoms with Crippen LogP contribution in [0, 0.1) is 0 Å². The van der Waals surface area contributed by atoms with E-state index in [1.54, 1.807) is 20.8 Å². The van der Waals surface area contributed by atoms with Crippen molar-refractivity contribution in [2.75, 3.05) is 12.3 Å². The van der Waals surface area contributed by atoms with Crippen LogP contribution in [0.4, 0.5) is 4.79 Å². The monoisotopic (exact) mass is 290 g/mol. The third-order valence-electron chi connectivity index (χ3n) is 2.07. The van der Waals surface area contributed by atoms with Crippen molar-refractivity contribution in [2.45, 2.75) is 46.3 Å². The molecule has 0 spiro atoms. The highest BCUT2D eigenvalue weighted by Gasteiger charge is 2.26. The zero-order valence-electron chi connectivity index (χ0n) is 12.0. The van der Waals surface area contributed by atoms with Crippen molar-refractivity contribution in [3.05, 3.63) is 0 Å². The Morgan fingerprint density at radius 3 is 2.21 bits per heavy atom. The number of hydrogen-bond acceptors (Lipinski definition) is 5. The number of rotatable bonds is 4. The molecule has 0 rings (SSSR count). The average Bonchev–Trinajstić information content (AvgIpc) is 2.21. The van der Waals surface area contributed by atoms with Gasteiger partial charge in [-0.1, -0.05) is 0 Å². The maximum atomic E-state index is 12.0. The van der Waals surface area contributed by atoms with Gasteiger partial charge in [0.2, 0.25) is 5.91 Å². The molecular formula is C12H22N2O4S. The highest BCUT2D eigenvalue weighted by Crippen LogP contribution is 2.07. The summed E-state index contributed by atoms with van der Waals surface area (Å²) in [6.45, 7) is 8.17. The Balaban J connectivity index is 4.55. The molecule has 0 aromatic heterocycles. The summed E-state index contributed by atoms with van der Waals surface area (Å²) in [6.07, 6.45) is -0.692. The predicted octanol–water partition coefficient (Wildman–Crippen LogP) is 1.20. The van der Waals surface area contributed by atoms with E-state index in [1.165, 1.54) is 13.8 Å². The van der Waals surface area contributed by atoms with Crippen LogP contribution in [-0.4, -0.2) is 46.7 Å². The van der Waals surface area contributed by atoms with Crippen LogP contribution in [0.3, 0.4) is 0 Å². The molecule has 110 valence electrons. The van der Waals surface area contributed by atoms with Gasteiger partial charge in [-0.2, -0.15) is 12.6 Å². The van der Waals surface area contributed by atoms with E-state index in [4.69, 9.17) is 4.74 Å². The van der Waals surface area contributed by atoms with Gasteiger partial charge in [0.1, 0.15) is 11.6 Å². The first-order chi connectivity index (χ1) is 8.58.